The number of rotatable bonds is 3. The Morgan fingerprint density at radius 2 is 2.19 bits per heavy atom. The van der Waals surface area contributed by atoms with E-state index in [-0.39, 0.29) is 12.5 Å². The van der Waals surface area contributed by atoms with Crippen LogP contribution in [0, 0.1) is 0 Å². The number of hydrogen-bond acceptors (Lipinski definition) is 6. The number of nitrogens with zero attached hydrogens (tertiary/aromatic N) is 3. The summed E-state index contributed by atoms with van der Waals surface area (Å²) in [6, 6.07) is 7.23. The number of amides is 1. The molecule has 0 fully saturated rings. The topological polar surface area (TPSA) is 88.5 Å². The minimum absolute atomic E-state index is 0.0479. The van der Waals surface area contributed by atoms with Crippen molar-refractivity contribution in [3.8, 4) is 5.75 Å². The fourth-order valence-corrected chi connectivity index (χ4v) is 1.86. The minimum atomic E-state index is -0.162. The first-order valence-corrected chi connectivity index (χ1v) is 6.37. The summed E-state index contributed by atoms with van der Waals surface area (Å²) in [5, 5.41) is 6.99. The predicted octanol–water partition coefficient (Wildman–Crippen LogP) is 1.64. The number of carbonyl (C=O) groups is 1. The second-order valence-electron chi connectivity index (χ2n) is 4.43. The second-order valence-corrected chi connectivity index (χ2v) is 4.43. The monoisotopic (exact) mass is 283 g/mol. The Balaban J connectivity index is 1.80. The van der Waals surface area contributed by atoms with Gasteiger partial charge in [0.1, 0.15) is 5.75 Å². The first-order valence-electron chi connectivity index (χ1n) is 6.37. The molecule has 2 heterocycles. The molecule has 106 valence electrons. The van der Waals surface area contributed by atoms with Crippen molar-refractivity contribution < 1.29 is 9.53 Å². The number of hydrazone groups is 1. The number of aromatic nitrogens is 2. The van der Waals surface area contributed by atoms with Gasteiger partial charge in [0.2, 0.25) is 5.95 Å². The van der Waals surface area contributed by atoms with Crippen molar-refractivity contribution in [2.75, 3.05) is 17.3 Å². The van der Waals surface area contributed by atoms with Crippen molar-refractivity contribution in [3.63, 3.8) is 0 Å². The van der Waals surface area contributed by atoms with Gasteiger partial charge in [-0.2, -0.15) is 5.10 Å². The van der Waals surface area contributed by atoms with Gasteiger partial charge < -0.3 is 10.1 Å². The molecule has 1 amide bonds. The maximum atomic E-state index is 11.3. The van der Waals surface area contributed by atoms with Crippen LogP contribution in [-0.2, 0) is 4.79 Å². The number of ether oxygens (including phenoxy) is 1. The zero-order valence-electron chi connectivity index (χ0n) is 11.3. The summed E-state index contributed by atoms with van der Waals surface area (Å²) >= 11 is 0. The van der Waals surface area contributed by atoms with Gasteiger partial charge in [-0.25, -0.2) is 15.4 Å². The van der Waals surface area contributed by atoms with E-state index in [1.807, 2.05) is 25.1 Å². The van der Waals surface area contributed by atoms with Crippen molar-refractivity contribution in [3.05, 3.63) is 42.2 Å². The van der Waals surface area contributed by atoms with Gasteiger partial charge >= 0.3 is 0 Å². The largest absolute Gasteiger partial charge is 0.482 e. The quantitative estimate of drug-likeness (QED) is 0.660. The maximum Gasteiger partial charge on any atom is 0.262 e. The highest BCUT2D eigenvalue weighted by atomic mass is 16.5. The van der Waals surface area contributed by atoms with E-state index >= 15 is 0 Å². The van der Waals surface area contributed by atoms with Crippen molar-refractivity contribution in [1.29, 1.82) is 0 Å². The lowest BCUT2D eigenvalue weighted by Crippen LogP contribution is -2.25. The van der Waals surface area contributed by atoms with Crippen LogP contribution in [0.15, 0.2) is 41.8 Å². The van der Waals surface area contributed by atoms with Gasteiger partial charge in [0, 0.05) is 12.4 Å². The number of anilines is 2. The molecule has 0 aliphatic carbocycles. The molecular weight excluding hydrogens is 270 g/mol. The number of fused-ring (bicyclic) bond motifs is 1. The molecule has 1 aromatic carbocycles. The van der Waals surface area contributed by atoms with Gasteiger partial charge in [-0.05, 0) is 36.8 Å². The molecule has 2 aromatic rings. The number of hydrogen-bond donors (Lipinski definition) is 2. The van der Waals surface area contributed by atoms with E-state index in [1.165, 1.54) is 0 Å². The Morgan fingerprint density at radius 3 is 3.00 bits per heavy atom. The smallest absolute Gasteiger partial charge is 0.262 e. The van der Waals surface area contributed by atoms with Crippen molar-refractivity contribution in [2.24, 2.45) is 5.10 Å². The van der Waals surface area contributed by atoms with E-state index in [2.05, 4.69) is 25.8 Å². The Bertz CT molecular complexity index is 700. The Labute approximate surface area is 121 Å². The summed E-state index contributed by atoms with van der Waals surface area (Å²) < 4.78 is 5.31. The fraction of sp³-hybridized carbons (Fsp3) is 0.143. The first kappa shape index (κ1) is 13.0. The van der Waals surface area contributed by atoms with E-state index < -0.39 is 0 Å². The molecule has 0 unspecified atom stereocenters. The van der Waals surface area contributed by atoms with Gasteiger partial charge in [-0.1, -0.05) is 0 Å². The molecule has 0 saturated heterocycles. The van der Waals surface area contributed by atoms with Gasteiger partial charge in [-0.15, -0.1) is 0 Å². The van der Waals surface area contributed by atoms with Crippen LogP contribution in [0.1, 0.15) is 12.5 Å². The molecule has 0 bridgehead atoms. The van der Waals surface area contributed by atoms with E-state index in [4.69, 9.17) is 4.74 Å². The molecule has 1 aliphatic heterocycles. The minimum Gasteiger partial charge on any atom is -0.482 e. The molecule has 0 saturated carbocycles. The van der Waals surface area contributed by atoms with Crippen molar-refractivity contribution >= 4 is 23.3 Å². The molecule has 7 heteroatoms. The van der Waals surface area contributed by atoms with Crippen LogP contribution in [0.4, 0.5) is 11.6 Å². The molecule has 1 aromatic heterocycles. The Kier molecular flexibility index (Phi) is 3.46. The van der Waals surface area contributed by atoms with Crippen LogP contribution in [0.2, 0.25) is 0 Å². The van der Waals surface area contributed by atoms with Crippen LogP contribution >= 0.6 is 0 Å². The average Bonchev–Trinajstić information content (AvgIpc) is 2.53. The third-order valence-corrected chi connectivity index (χ3v) is 2.92. The zero-order chi connectivity index (χ0) is 14.7. The van der Waals surface area contributed by atoms with E-state index in [0.29, 0.717) is 17.4 Å². The Hall–Kier alpha value is -2.96. The molecular formula is C14H13N5O2. The highest BCUT2D eigenvalue weighted by molar-refractivity contribution is 6.02. The lowest BCUT2D eigenvalue weighted by Gasteiger charge is -2.18. The molecule has 1 aliphatic rings. The summed E-state index contributed by atoms with van der Waals surface area (Å²) in [7, 11) is 0. The third-order valence-electron chi connectivity index (χ3n) is 2.92. The van der Waals surface area contributed by atoms with Crippen molar-refractivity contribution in [2.45, 2.75) is 6.92 Å². The summed E-state index contributed by atoms with van der Waals surface area (Å²) in [5.41, 5.74) is 5.03. The van der Waals surface area contributed by atoms with Crippen LogP contribution in [0.3, 0.4) is 0 Å². The standard InChI is InChI=1S/C14H13N5O2/c1-9(18-19-14-15-5-2-6-16-14)10-3-4-12-11(7-10)17-13(20)8-21-12/h2-7H,8H2,1H3,(H,17,20)(H,15,16,19)/b18-9+. The number of benzene rings is 1. The molecule has 0 radical (unpaired) electrons. The lowest BCUT2D eigenvalue weighted by atomic mass is 10.1. The van der Waals surface area contributed by atoms with Gasteiger partial charge in [-0.3, -0.25) is 4.79 Å². The number of carbonyl (C=O) groups excluding carboxylic acids is 1. The van der Waals surface area contributed by atoms with Crippen LogP contribution in [0.5, 0.6) is 5.75 Å². The number of nitrogens with one attached hydrogen (secondary N) is 2. The van der Waals surface area contributed by atoms with Crippen molar-refractivity contribution in [1.82, 2.24) is 9.97 Å². The summed E-state index contributed by atoms with van der Waals surface area (Å²) in [4.78, 5) is 19.4. The van der Waals surface area contributed by atoms with E-state index in [0.717, 1.165) is 11.3 Å². The molecule has 21 heavy (non-hydrogen) atoms. The molecule has 0 spiro atoms. The highest BCUT2D eigenvalue weighted by Crippen LogP contribution is 2.28. The fourth-order valence-electron chi connectivity index (χ4n) is 1.86. The molecule has 2 N–H and O–H groups in total. The van der Waals surface area contributed by atoms with Gasteiger partial charge in [0.15, 0.2) is 6.61 Å². The SMILES string of the molecule is C/C(=N\Nc1ncccn1)c1ccc2c(c1)NC(=O)CO2. The van der Waals surface area contributed by atoms with Crippen LogP contribution in [0.25, 0.3) is 0 Å². The van der Waals surface area contributed by atoms with E-state index in [1.54, 1.807) is 18.5 Å². The maximum absolute atomic E-state index is 11.3. The van der Waals surface area contributed by atoms with Gasteiger partial charge in [0.25, 0.3) is 5.91 Å². The average molecular weight is 283 g/mol. The second kappa shape index (κ2) is 5.58. The third kappa shape index (κ3) is 2.97. The summed E-state index contributed by atoms with van der Waals surface area (Å²) in [5.74, 6) is 0.919. The molecule has 3 rings (SSSR count). The van der Waals surface area contributed by atoms with Gasteiger partial charge in [0.05, 0.1) is 11.4 Å². The van der Waals surface area contributed by atoms with E-state index in [9.17, 15) is 4.79 Å². The zero-order valence-corrected chi connectivity index (χ0v) is 11.3. The predicted molar refractivity (Wildman–Crippen MR) is 78.4 cm³/mol. The summed E-state index contributed by atoms with van der Waals surface area (Å²) in [6.07, 6.45) is 3.26. The van der Waals surface area contributed by atoms with Crippen LogP contribution < -0.4 is 15.5 Å². The normalized spacial score (nSPS) is 14.0. The van der Waals surface area contributed by atoms with Crippen LogP contribution in [-0.4, -0.2) is 28.2 Å². The Morgan fingerprint density at radius 1 is 1.38 bits per heavy atom. The summed E-state index contributed by atoms with van der Waals surface area (Å²) in [6.45, 7) is 1.90. The highest BCUT2D eigenvalue weighted by Gasteiger charge is 2.16. The molecule has 7 nitrogen and oxygen atoms in total. The lowest BCUT2D eigenvalue weighted by molar-refractivity contribution is -0.118. The molecule has 0 atom stereocenters. The first-order chi connectivity index (χ1) is 10.2.